The summed E-state index contributed by atoms with van der Waals surface area (Å²) in [6.45, 7) is 6.60. The Hall–Kier alpha value is -2.37. The van der Waals surface area contributed by atoms with E-state index in [2.05, 4.69) is 10.6 Å². The molecule has 1 aromatic carbocycles. The molecule has 6 nitrogen and oxygen atoms in total. The van der Waals surface area contributed by atoms with Crippen molar-refractivity contribution in [1.29, 1.82) is 0 Å². The minimum atomic E-state index is -0.466. The molecule has 0 unspecified atom stereocenters. The number of nitrogens with zero attached hydrogens (tertiary/aromatic N) is 1. The lowest BCUT2D eigenvalue weighted by atomic mass is 9.96. The average Bonchev–Trinajstić information content (AvgIpc) is 2.54. The average molecular weight is 347 g/mol. The first kappa shape index (κ1) is 20.7. The maximum absolute atomic E-state index is 12.1. The minimum absolute atomic E-state index is 0.0230. The highest BCUT2D eigenvalue weighted by Crippen LogP contribution is 2.12. The summed E-state index contributed by atoms with van der Waals surface area (Å²) in [5.41, 5.74) is 0.601. The van der Waals surface area contributed by atoms with Gasteiger partial charge in [-0.1, -0.05) is 51.1 Å². The molecule has 0 aliphatic heterocycles. The fraction of sp³-hybridized carbons (Fsp3) is 0.526. The van der Waals surface area contributed by atoms with Crippen molar-refractivity contribution in [2.75, 3.05) is 20.1 Å². The van der Waals surface area contributed by atoms with Crippen LogP contribution in [-0.2, 0) is 20.9 Å². The van der Waals surface area contributed by atoms with E-state index < -0.39 is 5.41 Å². The number of carbonyl (C=O) groups excluding carboxylic acids is 3. The second-order valence-corrected chi connectivity index (χ2v) is 7.09. The summed E-state index contributed by atoms with van der Waals surface area (Å²) in [4.78, 5) is 37.1. The smallest absolute Gasteiger partial charge is 0.225 e. The van der Waals surface area contributed by atoms with E-state index in [1.54, 1.807) is 11.9 Å². The molecule has 0 bridgehead atoms. The Morgan fingerprint density at radius 2 is 1.56 bits per heavy atom. The molecular weight excluding hydrogens is 318 g/mol. The zero-order chi connectivity index (χ0) is 18.9. The number of amides is 3. The quantitative estimate of drug-likeness (QED) is 0.751. The number of hydrogen-bond acceptors (Lipinski definition) is 3. The van der Waals surface area contributed by atoms with E-state index >= 15 is 0 Å². The highest BCUT2D eigenvalue weighted by Gasteiger charge is 2.20. The Morgan fingerprint density at radius 3 is 2.16 bits per heavy atom. The molecule has 0 radical (unpaired) electrons. The van der Waals surface area contributed by atoms with Gasteiger partial charge in [-0.15, -0.1) is 0 Å². The predicted octanol–water partition coefficient (Wildman–Crippen LogP) is 1.70. The predicted molar refractivity (Wildman–Crippen MR) is 97.6 cm³/mol. The molecule has 0 aromatic heterocycles. The van der Waals surface area contributed by atoms with Crippen molar-refractivity contribution >= 4 is 17.7 Å². The van der Waals surface area contributed by atoms with Gasteiger partial charge in [0.15, 0.2) is 0 Å². The summed E-state index contributed by atoms with van der Waals surface area (Å²) in [5, 5.41) is 5.43. The van der Waals surface area contributed by atoms with E-state index in [0.717, 1.165) is 5.56 Å². The minimum Gasteiger partial charge on any atom is -0.356 e. The van der Waals surface area contributed by atoms with E-state index in [1.165, 1.54) is 0 Å². The van der Waals surface area contributed by atoms with Crippen LogP contribution in [0.15, 0.2) is 30.3 Å². The number of nitrogens with one attached hydrogen (secondary N) is 2. The van der Waals surface area contributed by atoms with Gasteiger partial charge in [0, 0.05) is 44.9 Å². The van der Waals surface area contributed by atoms with Crippen LogP contribution in [0.2, 0.25) is 0 Å². The first-order valence-electron chi connectivity index (χ1n) is 8.53. The van der Waals surface area contributed by atoms with Crippen molar-refractivity contribution < 1.29 is 14.4 Å². The SMILES string of the molecule is CN(Cc1ccccc1)C(=O)CCNC(=O)CCNC(=O)C(C)(C)C. The number of rotatable bonds is 8. The maximum atomic E-state index is 12.1. The maximum Gasteiger partial charge on any atom is 0.225 e. The molecule has 0 saturated carbocycles. The van der Waals surface area contributed by atoms with Gasteiger partial charge >= 0.3 is 0 Å². The lowest BCUT2D eigenvalue weighted by Crippen LogP contribution is -2.38. The molecule has 0 aliphatic carbocycles. The Labute approximate surface area is 150 Å². The number of hydrogen-bond donors (Lipinski definition) is 2. The van der Waals surface area contributed by atoms with Crippen LogP contribution < -0.4 is 10.6 Å². The molecule has 25 heavy (non-hydrogen) atoms. The van der Waals surface area contributed by atoms with Gasteiger partial charge in [0.05, 0.1) is 0 Å². The molecule has 1 aromatic rings. The normalized spacial score (nSPS) is 10.9. The van der Waals surface area contributed by atoms with Crippen LogP contribution in [0.5, 0.6) is 0 Å². The highest BCUT2D eigenvalue weighted by atomic mass is 16.2. The lowest BCUT2D eigenvalue weighted by Gasteiger charge is -2.18. The Morgan fingerprint density at radius 1 is 0.960 bits per heavy atom. The second kappa shape index (κ2) is 9.81. The Balaban J connectivity index is 2.19. The van der Waals surface area contributed by atoms with Gasteiger partial charge in [0.1, 0.15) is 0 Å². The van der Waals surface area contributed by atoms with Crippen LogP contribution >= 0.6 is 0 Å². The van der Waals surface area contributed by atoms with Crippen molar-refractivity contribution in [3.63, 3.8) is 0 Å². The van der Waals surface area contributed by atoms with Crippen LogP contribution in [0.4, 0.5) is 0 Å². The van der Waals surface area contributed by atoms with Crippen LogP contribution in [0.1, 0.15) is 39.2 Å². The van der Waals surface area contributed by atoms with E-state index in [-0.39, 0.29) is 30.6 Å². The van der Waals surface area contributed by atoms with Gasteiger partial charge in [-0.05, 0) is 5.56 Å². The zero-order valence-corrected chi connectivity index (χ0v) is 15.6. The van der Waals surface area contributed by atoms with Crippen LogP contribution in [0, 0.1) is 5.41 Å². The summed E-state index contributed by atoms with van der Waals surface area (Å²) in [6, 6.07) is 9.75. The molecule has 0 atom stereocenters. The van der Waals surface area contributed by atoms with Crippen LogP contribution in [-0.4, -0.2) is 42.8 Å². The molecule has 0 aliphatic rings. The topological polar surface area (TPSA) is 78.5 Å². The monoisotopic (exact) mass is 347 g/mol. The molecule has 1 rings (SSSR count). The van der Waals surface area contributed by atoms with E-state index in [0.29, 0.717) is 19.6 Å². The summed E-state index contributed by atoms with van der Waals surface area (Å²) in [6.07, 6.45) is 0.458. The highest BCUT2D eigenvalue weighted by molar-refractivity contribution is 5.82. The van der Waals surface area contributed by atoms with E-state index in [4.69, 9.17) is 0 Å². The van der Waals surface area contributed by atoms with Crippen molar-refractivity contribution in [1.82, 2.24) is 15.5 Å². The van der Waals surface area contributed by atoms with Gasteiger partial charge in [0.2, 0.25) is 17.7 Å². The van der Waals surface area contributed by atoms with E-state index in [9.17, 15) is 14.4 Å². The molecule has 0 heterocycles. The standard InChI is InChI=1S/C19H29N3O3/c1-19(2,3)18(25)21-12-10-16(23)20-13-11-17(24)22(4)14-15-8-6-5-7-9-15/h5-9H,10-14H2,1-4H3,(H,20,23)(H,21,25). The largest absolute Gasteiger partial charge is 0.356 e. The molecule has 0 fully saturated rings. The van der Waals surface area contributed by atoms with Gasteiger partial charge in [-0.3, -0.25) is 14.4 Å². The lowest BCUT2D eigenvalue weighted by molar-refractivity contribution is -0.130. The molecule has 0 saturated heterocycles. The van der Waals surface area contributed by atoms with Crippen molar-refractivity contribution in [2.45, 2.75) is 40.2 Å². The Kier molecular flexibility index (Phi) is 8.11. The summed E-state index contributed by atoms with van der Waals surface area (Å²) < 4.78 is 0. The third kappa shape index (κ3) is 8.33. The summed E-state index contributed by atoms with van der Waals surface area (Å²) in [7, 11) is 1.75. The first-order valence-corrected chi connectivity index (χ1v) is 8.53. The fourth-order valence-electron chi connectivity index (χ4n) is 2.09. The summed E-state index contributed by atoms with van der Waals surface area (Å²) in [5.74, 6) is -0.282. The van der Waals surface area contributed by atoms with Crippen molar-refractivity contribution in [2.24, 2.45) is 5.41 Å². The van der Waals surface area contributed by atoms with Crippen LogP contribution in [0.3, 0.4) is 0 Å². The van der Waals surface area contributed by atoms with Gasteiger partial charge in [-0.25, -0.2) is 0 Å². The molecule has 138 valence electrons. The fourth-order valence-corrected chi connectivity index (χ4v) is 2.09. The van der Waals surface area contributed by atoms with Crippen LogP contribution in [0.25, 0.3) is 0 Å². The van der Waals surface area contributed by atoms with Gasteiger partial charge in [0.25, 0.3) is 0 Å². The Bertz CT molecular complexity index is 579. The third-order valence-electron chi connectivity index (χ3n) is 3.67. The number of benzene rings is 1. The third-order valence-corrected chi connectivity index (χ3v) is 3.67. The molecule has 3 amide bonds. The van der Waals surface area contributed by atoms with E-state index in [1.807, 2.05) is 51.1 Å². The zero-order valence-electron chi connectivity index (χ0n) is 15.6. The number of carbonyl (C=O) groups is 3. The van der Waals surface area contributed by atoms with Gasteiger partial charge < -0.3 is 15.5 Å². The second-order valence-electron chi connectivity index (χ2n) is 7.09. The van der Waals surface area contributed by atoms with Crippen molar-refractivity contribution in [3.05, 3.63) is 35.9 Å². The molecule has 2 N–H and O–H groups in total. The summed E-state index contributed by atoms with van der Waals surface area (Å²) >= 11 is 0. The van der Waals surface area contributed by atoms with Gasteiger partial charge in [-0.2, -0.15) is 0 Å². The van der Waals surface area contributed by atoms with Crippen molar-refractivity contribution in [3.8, 4) is 0 Å². The molecule has 6 heteroatoms. The molecule has 0 spiro atoms. The first-order chi connectivity index (χ1) is 11.7. The molecular formula is C19H29N3O3.